The molecule has 21 heavy (non-hydrogen) atoms. The lowest BCUT2D eigenvalue weighted by Gasteiger charge is -2.10. The molecule has 0 aliphatic heterocycles. The van der Waals surface area contributed by atoms with Gasteiger partial charge in [-0.2, -0.15) is 0 Å². The number of halogens is 2. The molecule has 0 spiro atoms. The highest BCUT2D eigenvalue weighted by Gasteiger charge is 2.07. The number of hydrogen-bond donors (Lipinski definition) is 0. The highest BCUT2D eigenvalue weighted by atomic mass is 35.5. The molecule has 0 amide bonds. The van der Waals surface area contributed by atoms with Crippen molar-refractivity contribution < 1.29 is 4.74 Å². The second-order valence-corrected chi connectivity index (χ2v) is 5.39. The molecule has 0 N–H and O–H groups in total. The normalized spacial score (nSPS) is 10.8. The number of rotatable bonds is 4. The van der Waals surface area contributed by atoms with E-state index in [4.69, 9.17) is 27.9 Å². The minimum atomic E-state index is 0.363. The molecule has 0 atom stereocenters. The zero-order chi connectivity index (χ0) is 14.7. The van der Waals surface area contributed by atoms with Gasteiger partial charge in [-0.25, -0.2) is 4.98 Å². The van der Waals surface area contributed by atoms with E-state index in [1.807, 2.05) is 54.6 Å². The van der Waals surface area contributed by atoms with Gasteiger partial charge in [0.05, 0.1) is 11.6 Å². The number of alkyl halides is 1. The summed E-state index contributed by atoms with van der Waals surface area (Å²) in [5.74, 6) is 0.973. The van der Waals surface area contributed by atoms with Crippen LogP contribution in [0.25, 0.3) is 10.8 Å². The van der Waals surface area contributed by atoms with Crippen molar-refractivity contribution in [1.29, 1.82) is 0 Å². The van der Waals surface area contributed by atoms with Gasteiger partial charge in [0.1, 0.15) is 6.61 Å². The van der Waals surface area contributed by atoms with Crippen molar-refractivity contribution in [3.05, 3.63) is 70.9 Å². The third kappa shape index (κ3) is 3.29. The SMILES string of the molecule is ClCc1cc2ccccc2c(OCc2ccc(Cl)cc2)n1. The van der Waals surface area contributed by atoms with E-state index in [-0.39, 0.29) is 0 Å². The second kappa shape index (κ2) is 6.33. The lowest BCUT2D eigenvalue weighted by molar-refractivity contribution is 0.297. The van der Waals surface area contributed by atoms with Crippen LogP contribution in [0, 0.1) is 0 Å². The van der Waals surface area contributed by atoms with Crippen molar-refractivity contribution in [2.24, 2.45) is 0 Å². The van der Waals surface area contributed by atoms with Gasteiger partial charge >= 0.3 is 0 Å². The van der Waals surface area contributed by atoms with Crippen molar-refractivity contribution in [2.45, 2.75) is 12.5 Å². The number of ether oxygens (including phenoxy) is 1. The van der Waals surface area contributed by atoms with Crippen LogP contribution in [0.5, 0.6) is 5.88 Å². The molecule has 1 heterocycles. The molecule has 4 heteroatoms. The Morgan fingerprint density at radius 2 is 1.76 bits per heavy atom. The molecule has 1 aromatic heterocycles. The summed E-state index contributed by atoms with van der Waals surface area (Å²) in [7, 11) is 0. The topological polar surface area (TPSA) is 22.1 Å². The average Bonchev–Trinajstić information content (AvgIpc) is 2.53. The summed E-state index contributed by atoms with van der Waals surface area (Å²) in [5, 5.41) is 2.78. The first kappa shape index (κ1) is 14.2. The minimum Gasteiger partial charge on any atom is -0.472 e. The fourth-order valence-electron chi connectivity index (χ4n) is 2.13. The largest absolute Gasteiger partial charge is 0.472 e. The second-order valence-electron chi connectivity index (χ2n) is 4.69. The molecule has 3 rings (SSSR count). The van der Waals surface area contributed by atoms with Crippen LogP contribution in [0.2, 0.25) is 5.02 Å². The van der Waals surface area contributed by atoms with Gasteiger partial charge in [-0.05, 0) is 35.2 Å². The lowest BCUT2D eigenvalue weighted by atomic mass is 10.1. The molecule has 0 aliphatic rings. The van der Waals surface area contributed by atoms with Crippen molar-refractivity contribution in [2.75, 3.05) is 0 Å². The Kier molecular flexibility index (Phi) is 4.28. The number of hydrogen-bond acceptors (Lipinski definition) is 2. The molecule has 0 saturated carbocycles. The smallest absolute Gasteiger partial charge is 0.221 e. The predicted octanol–water partition coefficient (Wildman–Crippen LogP) is 5.21. The first-order valence-corrected chi connectivity index (χ1v) is 7.49. The van der Waals surface area contributed by atoms with E-state index in [2.05, 4.69) is 4.98 Å². The van der Waals surface area contributed by atoms with Crippen LogP contribution < -0.4 is 4.74 Å². The zero-order valence-corrected chi connectivity index (χ0v) is 12.7. The Morgan fingerprint density at radius 3 is 2.52 bits per heavy atom. The fraction of sp³-hybridized carbons (Fsp3) is 0.118. The van der Waals surface area contributed by atoms with E-state index >= 15 is 0 Å². The summed E-state index contributed by atoms with van der Waals surface area (Å²) in [5.41, 5.74) is 1.85. The van der Waals surface area contributed by atoms with Gasteiger partial charge in [0, 0.05) is 10.4 Å². The number of fused-ring (bicyclic) bond motifs is 1. The summed E-state index contributed by atoms with van der Waals surface area (Å²) in [6, 6.07) is 17.5. The molecule has 0 fully saturated rings. The Balaban J connectivity index is 1.90. The maximum atomic E-state index is 5.90. The van der Waals surface area contributed by atoms with Crippen LogP contribution in [0.1, 0.15) is 11.3 Å². The monoisotopic (exact) mass is 317 g/mol. The molecule has 0 aliphatic carbocycles. The van der Waals surface area contributed by atoms with Gasteiger partial charge in [-0.15, -0.1) is 11.6 Å². The summed E-state index contributed by atoms with van der Waals surface area (Å²) < 4.78 is 5.87. The summed E-state index contributed by atoms with van der Waals surface area (Å²) >= 11 is 11.8. The third-order valence-corrected chi connectivity index (χ3v) is 3.71. The van der Waals surface area contributed by atoms with E-state index in [9.17, 15) is 0 Å². The van der Waals surface area contributed by atoms with Gasteiger partial charge in [-0.1, -0.05) is 41.9 Å². The van der Waals surface area contributed by atoms with Crippen molar-refractivity contribution in [1.82, 2.24) is 4.98 Å². The number of benzene rings is 2. The molecule has 0 radical (unpaired) electrons. The minimum absolute atomic E-state index is 0.363. The summed E-state index contributed by atoms with van der Waals surface area (Å²) in [6.07, 6.45) is 0. The van der Waals surface area contributed by atoms with Crippen molar-refractivity contribution in [3.8, 4) is 5.88 Å². The molecule has 0 saturated heterocycles. The van der Waals surface area contributed by atoms with Gasteiger partial charge in [0.25, 0.3) is 0 Å². The molecule has 2 nitrogen and oxygen atoms in total. The quantitative estimate of drug-likeness (QED) is 0.616. The fourth-order valence-corrected chi connectivity index (χ4v) is 2.39. The van der Waals surface area contributed by atoms with Crippen molar-refractivity contribution >= 4 is 34.0 Å². The highest BCUT2D eigenvalue weighted by Crippen LogP contribution is 2.26. The standard InChI is InChI=1S/C17H13Cl2NO/c18-10-15-9-13-3-1-2-4-16(13)17(20-15)21-11-12-5-7-14(19)8-6-12/h1-9H,10-11H2. The van der Waals surface area contributed by atoms with Gasteiger partial charge in [0.2, 0.25) is 5.88 Å². The number of nitrogens with zero attached hydrogens (tertiary/aromatic N) is 1. The van der Waals surface area contributed by atoms with E-state index in [0.717, 1.165) is 22.0 Å². The number of aromatic nitrogens is 1. The van der Waals surface area contributed by atoms with E-state index < -0.39 is 0 Å². The molecule has 106 valence electrons. The van der Waals surface area contributed by atoms with Crippen molar-refractivity contribution in [3.63, 3.8) is 0 Å². The third-order valence-electron chi connectivity index (χ3n) is 3.18. The van der Waals surface area contributed by atoms with E-state index in [1.165, 1.54) is 0 Å². The van der Waals surface area contributed by atoms with Gasteiger partial charge < -0.3 is 4.74 Å². The Labute approximate surface area is 133 Å². The van der Waals surface area contributed by atoms with Crippen LogP contribution in [0.3, 0.4) is 0 Å². The van der Waals surface area contributed by atoms with Crippen LogP contribution in [-0.4, -0.2) is 4.98 Å². The van der Waals surface area contributed by atoms with Crippen LogP contribution >= 0.6 is 23.2 Å². The average molecular weight is 318 g/mol. The Morgan fingerprint density at radius 1 is 1.00 bits per heavy atom. The molecule has 3 aromatic rings. The molecular formula is C17H13Cl2NO. The highest BCUT2D eigenvalue weighted by molar-refractivity contribution is 6.30. The molecule has 0 unspecified atom stereocenters. The zero-order valence-electron chi connectivity index (χ0n) is 11.2. The van der Waals surface area contributed by atoms with E-state index in [1.54, 1.807) is 0 Å². The first-order valence-electron chi connectivity index (χ1n) is 6.58. The van der Waals surface area contributed by atoms with E-state index in [0.29, 0.717) is 23.4 Å². The van der Waals surface area contributed by atoms with Crippen LogP contribution in [0.4, 0.5) is 0 Å². The predicted molar refractivity (Wildman–Crippen MR) is 87.1 cm³/mol. The lowest BCUT2D eigenvalue weighted by Crippen LogP contribution is -1.99. The summed E-state index contributed by atoms with van der Waals surface area (Å²) in [4.78, 5) is 4.47. The first-order chi connectivity index (χ1) is 10.3. The molecule has 0 bridgehead atoms. The summed E-state index contributed by atoms with van der Waals surface area (Å²) in [6.45, 7) is 0.444. The molecular weight excluding hydrogens is 305 g/mol. The number of pyridine rings is 1. The maximum Gasteiger partial charge on any atom is 0.221 e. The Bertz CT molecular complexity index is 756. The molecule has 2 aromatic carbocycles. The van der Waals surface area contributed by atoms with Crippen LogP contribution in [0.15, 0.2) is 54.6 Å². The maximum absolute atomic E-state index is 5.90. The van der Waals surface area contributed by atoms with Crippen LogP contribution in [-0.2, 0) is 12.5 Å². The Hall–Kier alpha value is -1.77. The van der Waals surface area contributed by atoms with Gasteiger partial charge in [0.15, 0.2) is 0 Å². The van der Waals surface area contributed by atoms with Gasteiger partial charge in [-0.3, -0.25) is 0 Å².